The first-order valence-corrected chi connectivity index (χ1v) is 3.78. The Bertz CT molecular complexity index is 251. The van der Waals surface area contributed by atoms with Gasteiger partial charge in [0.15, 0.2) is 0 Å². The van der Waals surface area contributed by atoms with Crippen LogP contribution in [-0.2, 0) is 0 Å². The minimum absolute atomic E-state index is 1.12. The Morgan fingerprint density at radius 1 is 1.50 bits per heavy atom. The van der Waals surface area contributed by atoms with Gasteiger partial charge < -0.3 is 0 Å². The predicted molar refractivity (Wildman–Crippen MR) is 40.7 cm³/mol. The highest BCUT2D eigenvalue weighted by Crippen LogP contribution is 2.19. The second-order valence-electron chi connectivity index (χ2n) is 1.94. The van der Waals surface area contributed by atoms with Crippen LogP contribution in [0.25, 0.3) is 11.1 Å². The zero-order valence-corrected chi connectivity index (χ0v) is 5.98. The van der Waals surface area contributed by atoms with Crippen LogP contribution in [0.4, 0.5) is 0 Å². The number of aromatic nitrogens is 2. The van der Waals surface area contributed by atoms with Gasteiger partial charge in [0, 0.05) is 17.1 Å². The maximum absolute atomic E-state index is 3.84. The Kier molecular flexibility index (Phi) is 1.29. The lowest BCUT2D eigenvalue weighted by atomic mass is 10.2. The summed E-state index contributed by atoms with van der Waals surface area (Å²) in [6.07, 6.45) is 3.67. The molecule has 0 aliphatic rings. The minimum Gasteiger partial charge on any atom is -0.285 e. The SMILES string of the molecule is [c]1cc(-c2cn[nH]c2)cs1. The summed E-state index contributed by atoms with van der Waals surface area (Å²) in [7, 11) is 0. The third kappa shape index (κ3) is 0.844. The average molecular weight is 149 g/mol. The summed E-state index contributed by atoms with van der Waals surface area (Å²) in [6, 6.07) is 1.95. The van der Waals surface area contributed by atoms with Crippen LogP contribution in [0.5, 0.6) is 0 Å². The minimum atomic E-state index is 1.12. The van der Waals surface area contributed by atoms with Crippen LogP contribution in [0, 0.1) is 5.38 Å². The molecule has 0 aromatic carbocycles. The summed E-state index contributed by atoms with van der Waals surface area (Å²) >= 11 is 1.57. The number of hydrogen-bond donors (Lipinski definition) is 1. The Labute approximate surface area is 62.5 Å². The zero-order valence-electron chi connectivity index (χ0n) is 5.16. The molecule has 0 bridgehead atoms. The average Bonchev–Trinajstić information content (AvgIpc) is 2.59. The summed E-state index contributed by atoms with van der Waals surface area (Å²) in [6.45, 7) is 0. The van der Waals surface area contributed by atoms with E-state index in [4.69, 9.17) is 0 Å². The van der Waals surface area contributed by atoms with Crippen molar-refractivity contribution in [3.05, 3.63) is 29.2 Å². The fourth-order valence-corrected chi connectivity index (χ4v) is 1.38. The lowest BCUT2D eigenvalue weighted by molar-refractivity contribution is 1.09. The first-order chi connectivity index (χ1) is 4.97. The maximum Gasteiger partial charge on any atom is 0.0566 e. The predicted octanol–water partition coefficient (Wildman–Crippen LogP) is 1.94. The molecule has 0 atom stereocenters. The molecule has 10 heavy (non-hydrogen) atoms. The Morgan fingerprint density at radius 2 is 2.50 bits per heavy atom. The molecular formula is C7H5N2S. The highest BCUT2D eigenvalue weighted by molar-refractivity contribution is 7.07. The number of aromatic amines is 1. The van der Waals surface area contributed by atoms with Crippen molar-refractivity contribution in [2.45, 2.75) is 0 Å². The van der Waals surface area contributed by atoms with E-state index >= 15 is 0 Å². The number of hydrogen-bond acceptors (Lipinski definition) is 2. The smallest absolute Gasteiger partial charge is 0.0566 e. The van der Waals surface area contributed by atoms with E-state index in [2.05, 4.69) is 15.6 Å². The van der Waals surface area contributed by atoms with Gasteiger partial charge in [0.05, 0.1) is 6.20 Å². The maximum atomic E-state index is 3.84. The van der Waals surface area contributed by atoms with Crippen molar-refractivity contribution in [3.63, 3.8) is 0 Å². The zero-order chi connectivity index (χ0) is 6.81. The lowest BCUT2D eigenvalue weighted by Gasteiger charge is -1.83. The Morgan fingerprint density at radius 3 is 3.10 bits per heavy atom. The highest BCUT2D eigenvalue weighted by Gasteiger charge is 1.96. The molecule has 0 aliphatic carbocycles. The third-order valence-corrected chi connectivity index (χ3v) is 1.93. The molecule has 2 rings (SSSR count). The van der Waals surface area contributed by atoms with Gasteiger partial charge in [-0.1, -0.05) is 0 Å². The van der Waals surface area contributed by atoms with Crippen molar-refractivity contribution in [1.29, 1.82) is 0 Å². The summed E-state index contributed by atoms with van der Waals surface area (Å²) in [4.78, 5) is 0. The fourth-order valence-electron chi connectivity index (χ4n) is 0.789. The van der Waals surface area contributed by atoms with E-state index in [0.717, 1.165) is 5.56 Å². The van der Waals surface area contributed by atoms with Gasteiger partial charge in [-0.2, -0.15) is 5.10 Å². The molecule has 0 fully saturated rings. The van der Waals surface area contributed by atoms with Gasteiger partial charge >= 0.3 is 0 Å². The van der Waals surface area contributed by atoms with Crippen molar-refractivity contribution in [3.8, 4) is 11.1 Å². The first-order valence-electron chi connectivity index (χ1n) is 2.90. The van der Waals surface area contributed by atoms with Crippen LogP contribution in [0.1, 0.15) is 0 Å². The molecular weight excluding hydrogens is 144 g/mol. The van der Waals surface area contributed by atoms with E-state index in [1.807, 2.05) is 17.6 Å². The van der Waals surface area contributed by atoms with Crippen molar-refractivity contribution < 1.29 is 0 Å². The van der Waals surface area contributed by atoms with Crippen LogP contribution in [0.3, 0.4) is 0 Å². The molecule has 0 spiro atoms. The molecule has 2 aromatic heterocycles. The highest BCUT2D eigenvalue weighted by atomic mass is 32.1. The largest absolute Gasteiger partial charge is 0.285 e. The molecule has 2 heterocycles. The van der Waals surface area contributed by atoms with Crippen molar-refractivity contribution >= 4 is 11.3 Å². The summed E-state index contributed by atoms with van der Waals surface area (Å²) in [5.74, 6) is 0. The van der Waals surface area contributed by atoms with Crippen molar-refractivity contribution in [2.75, 3.05) is 0 Å². The standard InChI is InChI=1S/C7H5N2S/c1-2-10-5-6(1)7-3-8-9-4-7/h1,3-5H,(H,8,9). The number of rotatable bonds is 1. The van der Waals surface area contributed by atoms with E-state index in [1.54, 1.807) is 17.5 Å². The van der Waals surface area contributed by atoms with Gasteiger partial charge in [-0.05, 0) is 17.0 Å². The van der Waals surface area contributed by atoms with E-state index in [1.165, 1.54) is 5.56 Å². The number of thiophene rings is 1. The van der Waals surface area contributed by atoms with E-state index < -0.39 is 0 Å². The monoisotopic (exact) mass is 149 g/mol. The van der Waals surface area contributed by atoms with Crippen LogP contribution in [-0.4, -0.2) is 10.2 Å². The molecule has 0 saturated carbocycles. The molecule has 2 aromatic rings. The topological polar surface area (TPSA) is 28.7 Å². The van der Waals surface area contributed by atoms with Crippen LogP contribution in [0.2, 0.25) is 0 Å². The second-order valence-corrected chi connectivity index (χ2v) is 2.65. The first kappa shape index (κ1) is 5.68. The summed E-state index contributed by atoms with van der Waals surface area (Å²) in [5.41, 5.74) is 2.30. The summed E-state index contributed by atoms with van der Waals surface area (Å²) in [5, 5.41) is 11.7. The molecule has 49 valence electrons. The Balaban J connectivity index is 2.48. The molecule has 0 unspecified atom stereocenters. The third-order valence-electron chi connectivity index (χ3n) is 1.30. The molecule has 1 N–H and O–H groups in total. The van der Waals surface area contributed by atoms with Crippen LogP contribution >= 0.6 is 11.3 Å². The number of H-pyrrole nitrogens is 1. The lowest BCUT2D eigenvalue weighted by Crippen LogP contribution is -1.62. The van der Waals surface area contributed by atoms with Gasteiger partial charge in [0.25, 0.3) is 0 Å². The van der Waals surface area contributed by atoms with Gasteiger partial charge in [-0.25, -0.2) is 0 Å². The normalized spacial score (nSPS) is 10.0. The number of nitrogens with zero attached hydrogens (tertiary/aromatic N) is 1. The van der Waals surface area contributed by atoms with Crippen LogP contribution in [0.15, 0.2) is 23.8 Å². The fraction of sp³-hybridized carbons (Fsp3) is 0. The van der Waals surface area contributed by atoms with E-state index in [-0.39, 0.29) is 0 Å². The molecule has 0 amide bonds. The van der Waals surface area contributed by atoms with Gasteiger partial charge in [-0.3, -0.25) is 5.10 Å². The molecule has 0 aliphatic heterocycles. The number of nitrogens with one attached hydrogen (secondary N) is 1. The summed E-state index contributed by atoms with van der Waals surface area (Å²) < 4.78 is 0. The van der Waals surface area contributed by atoms with E-state index in [9.17, 15) is 0 Å². The molecule has 1 radical (unpaired) electrons. The Hall–Kier alpha value is -1.09. The van der Waals surface area contributed by atoms with Gasteiger partial charge in [-0.15, -0.1) is 11.3 Å². The van der Waals surface area contributed by atoms with Gasteiger partial charge in [0.1, 0.15) is 0 Å². The van der Waals surface area contributed by atoms with Crippen LogP contribution < -0.4 is 0 Å². The van der Waals surface area contributed by atoms with E-state index in [0.29, 0.717) is 0 Å². The molecule has 2 nitrogen and oxygen atoms in total. The molecule has 3 heteroatoms. The second kappa shape index (κ2) is 2.27. The quantitative estimate of drug-likeness (QED) is 0.659. The van der Waals surface area contributed by atoms with Crippen molar-refractivity contribution in [2.24, 2.45) is 0 Å². The molecule has 0 saturated heterocycles. The van der Waals surface area contributed by atoms with Gasteiger partial charge in [0.2, 0.25) is 0 Å². The van der Waals surface area contributed by atoms with Crippen molar-refractivity contribution in [1.82, 2.24) is 10.2 Å².